The number of ether oxygens (including phenoxy) is 1. The van der Waals surface area contributed by atoms with Crippen LogP contribution in [-0.2, 0) is 18.3 Å². The summed E-state index contributed by atoms with van der Waals surface area (Å²) in [6, 6.07) is 1.68. The molecular weight excluding hydrogens is 300 g/mol. The standard InChI is InChI=1S/C11H13BrN4O2/c1-15-9(3-4-13-15)11(17)10-8(12)7-14-16(10)5-6-18-2/h3-4,7H,5-6H2,1-2H3. The second-order valence-electron chi connectivity index (χ2n) is 3.73. The molecule has 0 saturated heterocycles. The van der Waals surface area contributed by atoms with Gasteiger partial charge in [0.05, 0.1) is 23.8 Å². The molecule has 2 rings (SSSR count). The van der Waals surface area contributed by atoms with Crippen molar-refractivity contribution in [2.75, 3.05) is 13.7 Å². The highest BCUT2D eigenvalue weighted by molar-refractivity contribution is 9.10. The average Bonchev–Trinajstić information content (AvgIpc) is 2.92. The first kappa shape index (κ1) is 13.0. The molecule has 2 aromatic rings. The van der Waals surface area contributed by atoms with Crippen molar-refractivity contribution in [3.8, 4) is 0 Å². The van der Waals surface area contributed by atoms with E-state index in [9.17, 15) is 4.79 Å². The van der Waals surface area contributed by atoms with Gasteiger partial charge in [0, 0.05) is 20.4 Å². The first-order valence-corrected chi connectivity index (χ1v) is 6.17. The van der Waals surface area contributed by atoms with Gasteiger partial charge >= 0.3 is 0 Å². The number of aryl methyl sites for hydroxylation is 1. The number of methoxy groups -OCH3 is 1. The summed E-state index contributed by atoms with van der Waals surface area (Å²) < 4.78 is 8.84. The zero-order chi connectivity index (χ0) is 13.1. The van der Waals surface area contributed by atoms with Crippen LogP contribution < -0.4 is 0 Å². The van der Waals surface area contributed by atoms with Crippen molar-refractivity contribution in [3.63, 3.8) is 0 Å². The van der Waals surface area contributed by atoms with Gasteiger partial charge in [0.25, 0.3) is 0 Å². The SMILES string of the molecule is COCCn1ncc(Br)c1C(=O)c1ccnn1C. The van der Waals surface area contributed by atoms with Gasteiger partial charge in [-0.15, -0.1) is 0 Å². The van der Waals surface area contributed by atoms with Crippen molar-refractivity contribution in [2.24, 2.45) is 7.05 Å². The summed E-state index contributed by atoms with van der Waals surface area (Å²) >= 11 is 3.35. The van der Waals surface area contributed by atoms with E-state index < -0.39 is 0 Å². The maximum absolute atomic E-state index is 12.4. The van der Waals surface area contributed by atoms with Crippen molar-refractivity contribution in [1.82, 2.24) is 19.6 Å². The molecule has 0 aliphatic heterocycles. The van der Waals surface area contributed by atoms with Gasteiger partial charge in [0.1, 0.15) is 11.4 Å². The van der Waals surface area contributed by atoms with Crippen molar-refractivity contribution in [1.29, 1.82) is 0 Å². The molecule has 7 heteroatoms. The molecule has 0 N–H and O–H groups in total. The molecule has 0 saturated carbocycles. The molecule has 2 aromatic heterocycles. The minimum atomic E-state index is -0.115. The zero-order valence-corrected chi connectivity index (χ0v) is 11.7. The summed E-state index contributed by atoms with van der Waals surface area (Å²) in [5.41, 5.74) is 1.03. The Kier molecular flexibility index (Phi) is 3.93. The van der Waals surface area contributed by atoms with Crippen LogP contribution in [0.5, 0.6) is 0 Å². The van der Waals surface area contributed by atoms with Crippen LogP contribution in [0.25, 0.3) is 0 Å². The summed E-state index contributed by atoms with van der Waals surface area (Å²) in [7, 11) is 3.35. The molecule has 0 bridgehead atoms. The molecule has 0 atom stereocenters. The van der Waals surface area contributed by atoms with Gasteiger partial charge in [-0.1, -0.05) is 0 Å². The topological polar surface area (TPSA) is 61.9 Å². The van der Waals surface area contributed by atoms with Gasteiger partial charge in [-0.3, -0.25) is 14.2 Å². The van der Waals surface area contributed by atoms with Crippen LogP contribution in [-0.4, -0.2) is 39.1 Å². The molecule has 0 fully saturated rings. The van der Waals surface area contributed by atoms with E-state index in [4.69, 9.17) is 4.74 Å². The number of aromatic nitrogens is 4. The van der Waals surface area contributed by atoms with E-state index in [-0.39, 0.29) is 5.78 Å². The Morgan fingerprint density at radius 3 is 2.89 bits per heavy atom. The Balaban J connectivity index is 2.35. The molecule has 0 radical (unpaired) electrons. The zero-order valence-electron chi connectivity index (χ0n) is 10.1. The average molecular weight is 313 g/mol. The minimum Gasteiger partial charge on any atom is -0.383 e. The normalized spacial score (nSPS) is 10.8. The summed E-state index contributed by atoms with van der Waals surface area (Å²) in [5, 5.41) is 8.15. The molecule has 0 amide bonds. The highest BCUT2D eigenvalue weighted by atomic mass is 79.9. The third-order valence-electron chi connectivity index (χ3n) is 2.57. The number of hydrogen-bond donors (Lipinski definition) is 0. The largest absolute Gasteiger partial charge is 0.383 e. The van der Waals surface area contributed by atoms with Crippen LogP contribution >= 0.6 is 15.9 Å². The molecule has 0 aliphatic rings. The minimum absolute atomic E-state index is 0.115. The van der Waals surface area contributed by atoms with E-state index in [1.54, 1.807) is 42.0 Å². The van der Waals surface area contributed by atoms with Gasteiger partial charge < -0.3 is 4.74 Å². The third-order valence-corrected chi connectivity index (χ3v) is 3.15. The Morgan fingerprint density at radius 2 is 2.28 bits per heavy atom. The lowest BCUT2D eigenvalue weighted by atomic mass is 10.2. The lowest BCUT2D eigenvalue weighted by Gasteiger charge is -2.07. The number of hydrogen-bond acceptors (Lipinski definition) is 4. The van der Waals surface area contributed by atoms with E-state index in [2.05, 4.69) is 26.1 Å². The predicted octanol–water partition coefficient (Wildman–Crippen LogP) is 1.26. The fraction of sp³-hybridized carbons (Fsp3) is 0.364. The molecule has 2 heterocycles. The quantitative estimate of drug-likeness (QED) is 0.780. The van der Waals surface area contributed by atoms with Crippen LogP contribution in [0.1, 0.15) is 16.2 Å². The van der Waals surface area contributed by atoms with Gasteiger partial charge in [-0.05, 0) is 22.0 Å². The number of carbonyl (C=O) groups excluding carboxylic acids is 1. The van der Waals surface area contributed by atoms with Crippen LogP contribution in [0.2, 0.25) is 0 Å². The van der Waals surface area contributed by atoms with E-state index in [0.717, 1.165) is 0 Å². The first-order chi connectivity index (χ1) is 8.65. The van der Waals surface area contributed by atoms with Crippen molar-refractivity contribution >= 4 is 21.7 Å². The molecular formula is C11H13BrN4O2. The van der Waals surface area contributed by atoms with E-state index in [0.29, 0.717) is 29.0 Å². The molecule has 0 unspecified atom stereocenters. The van der Waals surface area contributed by atoms with Gasteiger partial charge in [0.15, 0.2) is 0 Å². The Morgan fingerprint density at radius 1 is 1.50 bits per heavy atom. The molecule has 18 heavy (non-hydrogen) atoms. The smallest absolute Gasteiger partial charge is 0.230 e. The van der Waals surface area contributed by atoms with Gasteiger partial charge in [0.2, 0.25) is 5.78 Å². The Bertz CT molecular complexity index is 561. The van der Waals surface area contributed by atoms with Crippen molar-refractivity contribution < 1.29 is 9.53 Å². The second kappa shape index (κ2) is 5.45. The monoisotopic (exact) mass is 312 g/mol. The van der Waals surface area contributed by atoms with Crippen LogP contribution in [0.15, 0.2) is 22.9 Å². The van der Waals surface area contributed by atoms with Crippen molar-refractivity contribution in [3.05, 3.63) is 34.3 Å². The third kappa shape index (κ3) is 2.37. The van der Waals surface area contributed by atoms with E-state index in [1.807, 2.05) is 0 Å². The first-order valence-electron chi connectivity index (χ1n) is 5.38. The Hall–Kier alpha value is -1.47. The van der Waals surface area contributed by atoms with Gasteiger partial charge in [-0.25, -0.2) is 0 Å². The van der Waals surface area contributed by atoms with E-state index >= 15 is 0 Å². The molecule has 0 spiro atoms. The fourth-order valence-corrected chi connectivity index (χ4v) is 2.13. The summed E-state index contributed by atoms with van der Waals surface area (Å²) in [5.74, 6) is -0.115. The lowest BCUT2D eigenvalue weighted by Crippen LogP contribution is -2.17. The molecule has 0 aromatic carbocycles. The number of nitrogens with zero attached hydrogens (tertiary/aromatic N) is 4. The van der Waals surface area contributed by atoms with Crippen LogP contribution in [0.3, 0.4) is 0 Å². The van der Waals surface area contributed by atoms with Gasteiger partial charge in [-0.2, -0.15) is 10.2 Å². The predicted molar refractivity (Wildman–Crippen MR) is 68.4 cm³/mol. The molecule has 96 valence electrons. The highest BCUT2D eigenvalue weighted by Gasteiger charge is 2.21. The number of halogens is 1. The second-order valence-corrected chi connectivity index (χ2v) is 4.58. The summed E-state index contributed by atoms with van der Waals surface area (Å²) in [6.07, 6.45) is 3.20. The number of rotatable bonds is 5. The molecule has 6 nitrogen and oxygen atoms in total. The van der Waals surface area contributed by atoms with Crippen molar-refractivity contribution in [2.45, 2.75) is 6.54 Å². The summed E-state index contributed by atoms with van der Waals surface area (Å²) in [4.78, 5) is 12.4. The Labute approximate surface area is 113 Å². The number of ketones is 1. The van der Waals surface area contributed by atoms with Crippen LogP contribution in [0, 0.1) is 0 Å². The number of carbonyl (C=O) groups is 1. The maximum atomic E-state index is 12.4. The molecule has 0 aliphatic carbocycles. The van der Waals surface area contributed by atoms with E-state index in [1.165, 1.54) is 0 Å². The fourth-order valence-electron chi connectivity index (χ4n) is 1.65. The maximum Gasteiger partial charge on any atom is 0.230 e. The lowest BCUT2D eigenvalue weighted by molar-refractivity contribution is 0.101. The highest BCUT2D eigenvalue weighted by Crippen LogP contribution is 2.19. The summed E-state index contributed by atoms with van der Waals surface area (Å²) in [6.45, 7) is 1.03. The van der Waals surface area contributed by atoms with Crippen LogP contribution in [0.4, 0.5) is 0 Å².